The summed E-state index contributed by atoms with van der Waals surface area (Å²) in [5.74, 6) is 0.262. The third kappa shape index (κ3) is 2.27. The van der Waals surface area contributed by atoms with Crippen LogP contribution in [0, 0.1) is 0 Å². The Morgan fingerprint density at radius 2 is 2.21 bits per heavy atom. The smallest absolute Gasteiger partial charge is 0.223 e. The van der Waals surface area contributed by atoms with Gasteiger partial charge >= 0.3 is 0 Å². The third-order valence-corrected chi connectivity index (χ3v) is 4.11. The molecule has 2 heterocycles. The molecule has 1 aromatic rings. The number of nitrogens with zero attached hydrogens (tertiary/aromatic N) is 3. The van der Waals surface area contributed by atoms with Crippen molar-refractivity contribution < 1.29 is 4.79 Å². The highest BCUT2D eigenvalue weighted by atomic mass is 16.2. The molecule has 2 fully saturated rings. The van der Waals surface area contributed by atoms with Gasteiger partial charge in [0.05, 0.1) is 11.7 Å². The molecule has 5 nitrogen and oxygen atoms in total. The van der Waals surface area contributed by atoms with Gasteiger partial charge in [0.1, 0.15) is 0 Å². The van der Waals surface area contributed by atoms with Crippen LogP contribution in [0.2, 0.25) is 0 Å². The minimum atomic E-state index is 0.0165. The molecule has 0 aromatic carbocycles. The molecule has 0 radical (unpaired) electrons. The maximum absolute atomic E-state index is 12.2. The number of carbonyl (C=O) groups excluding carboxylic acids is 1. The molecule has 0 spiro atoms. The van der Waals surface area contributed by atoms with Crippen LogP contribution in [0.3, 0.4) is 0 Å². The zero-order valence-corrected chi connectivity index (χ0v) is 11.5. The van der Waals surface area contributed by atoms with Crippen LogP contribution in [0.25, 0.3) is 0 Å². The van der Waals surface area contributed by atoms with Gasteiger partial charge in [0.15, 0.2) is 0 Å². The van der Waals surface area contributed by atoms with E-state index in [9.17, 15) is 4.79 Å². The molecule has 2 atom stereocenters. The van der Waals surface area contributed by atoms with Crippen LogP contribution in [-0.4, -0.2) is 32.7 Å². The van der Waals surface area contributed by atoms with E-state index in [-0.39, 0.29) is 18.0 Å². The molecule has 1 aliphatic carbocycles. The van der Waals surface area contributed by atoms with Gasteiger partial charge in [-0.15, -0.1) is 0 Å². The monoisotopic (exact) mass is 262 g/mol. The number of likely N-dealkylation sites (tertiary alicyclic amines) is 1. The number of aryl methyl sites for hydroxylation is 1. The Kier molecular flexibility index (Phi) is 3.31. The lowest BCUT2D eigenvalue weighted by Gasteiger charge is -2.40. The second-order valence-corrected chi connectivity index (χ2v) is 5.66. The van der Waals surface area contributed by atoms with Crippen LogP contribution >= 0.6 is 0 Å². The quantitative estimate of drug-likeness (QED) is 0.893. The highest BCUT2D eigenvalue weighted by Gasteiger charge is 2.44. The molecule has 104 valence electrons. The van der Waals surface area contributed by atoms with E-state index >= 15 is 0 Å². The number of piperidine rings is 1. The number of carbonyl (C=O) groups is 1. The van der Waals surface area contributed by atoms with Crippen LogP contribution in [0.15, 0.2) is 12.3 Å². The fraction of sp³-hybridized carbons (Fsp3) is 0.714. The maximum atomic E-state index is 12.2. The number of rotatable bonds is 4. The first-order valence-corrected chi connectivity index (χ1v) is 7.30. The number of hydrogen-bond donors (Lipinski definition) is 1. The van der Waals surface area contributed by atoms with Crippen molar-refractivity contribution in [3.05, 3.63) is 18.0 Å². The molecular formula is C14H22N4O. The summed E-state index contributed by atoms with van der Waals surface area (Å²) in [6.45, 7) is 3.02. The summed E-state index contributed by atoms with van der Waals surface area (Å²) in [5.41, 5.74) is 7.42. The SMILES string of the molecule is CCCn1nccc1C1C(N)CCC(=O)N1C1CC1. The van der Waals surface area contributed by atoms with Crippen molar-refractivity contribution in [3.8, 4) is 0 Å². The maximum Gasteiger partial charge on any atom is 0.223 e. The van der Waals surface area contributed by atoms with Crippen molar-refractivity contribution in [1.82, 2.24) is 14.7 Å². The molecule has 1 aliphatic heterocycles. The zero-order chi connectivity index (χ0) is 13.4. The summed E-state index contributed by atoms with van der Waals surface area (Å²) in [7, 11) is 0. The van der Waals surface area contributed by atoms with Crippen LogP contribution in [0.4, 0.5) is 0 Å². The Bertz CT molecular complexity index is 466. The van der Waals surface area contributed by atoms with Crippen molar-refractivity contribution in [2.45, 2.75) is 63.7 Å². The first kappa shape index (κ1) is 12.7. The van der Waals surface area contributed by atoms with Gasteiger partial charge in [-0.1, -0.05) is 6.92 Å². The van der Waals surface area contributed by atoms with Crippen LogP contribution in [-0.2, 0) is 11.3 Å². The molecule has 2 aliphatic rings. The number of nitrogens with two attached hydrogens (primary N) is 1. The summed E-state index contributed by atoms with van der Waals surface area (Å²) >= 11 is 0. The number of hydrogen-bond acceptors (Lipinski definition) is 3. The lowest BCUT2D eigenvalue weighted by atomic mass is 9.93. The Hall–Kier alpha value is -1.36. The fourth-order valence-electron chi connectivity index (χ4n) is 3.08. The van der Waals surface area contributed by atoms with E-state index in [2.05, 4.69) is 12.0 Å². The predicted molar refractivity (Wildman–Crippen MR) is 72.3 cm³/mol. The van der Waals surface area contributed by atoms with Gasteiger partial charge in [-0.3, -0.25) is 9.48 Å². The van der Waals surface area contributed by atoms with E-state index in [0.29, 0.717) is 12.5 Å². The molecule has 1 saturated heterocycles. The van der Waals surface area contributed by atoms with Gasteiger partial charge in [0, 0.05) is 31.2 Å². The standard InChI is InChI=1S/C14H22N4O/c1-2-9-17-12(7-8-16-17)14-11(15)5-6-13(19)18(14)10-3-4-10/h7-8,10-11,14H,2-6,9,15H2,1H3. The molecule has 5 heteroatoms. The second-order valence-electron chi connectivity index (χ2n) is 5.66. The lowest BCUT2D eigenvalue weighted by molar-refractivity contribution is -0.138. The highest BCUT2D eigenvalue weighted by molar-refractivity contribution is 5.78. The average Bonchev–Trinajstić information content (AvgIpc) is 3.13. The van der Waals surface area contributed by atoms with E-state index in [1.807, 2.05) is 21.8 Å². The molecule has 1 amide bonds. The average molecular weight is 262 g/mol. The van der Waals surface area contributed by atoms with E-state index < -0.39 is 0 Å². The number of aromatic nitrogens is 2. The summed E-state index contributed by atoms with van der Waals surface area (Å²) < 4.78 is 2.01. The fourth-order valence-corrected chi connectivity index (χ4v) is 3.08. The van der Waals surface area contributed by atoms with Crippen LogP contribution in [0.5, 0.6) is 0 Å². The van der Waals surface area contributed by atoms with Crippen molar-refractivity contribution in [2.24, 2.45) is 5.73 Å². The van der Waals surface area contributed by atoms with E-state index in [4.69, 9.17) is 5.73 Å². The minimum Gasteiger partial charge on any atom is -0.330 e. The van der Waals surface area contributed by atoms with Gasteiger partial charge in [0.2, 0.25) is 5.91 Å². The van der Waals surface area contributed by atoms with Crippen molar-refractivity contribution in [2.75, 3.05) is 0 Å². The van der Waals surface area contributed by atoms with Gasteiger partial charge in [-0.2, -0.15) is 5.10 Å². The van der Waals surface area contributed by atoms with Crippen molar-refractivity contribution in [1.29, 1.82) is 0 Å². The molecule has 1 aromatic heterocycles. The van der Waals surface area contributed by atoms with E-state index in [1.165, 1.54) is 0 Å². The largest absolute Gasteiger partial charge is 0.330 e. The van der Waals surface area contributed by atoms with Gasteiger partial charge in [-0.25, -0.2) is 0 Å². The molecule has 19 heavy (non-hydrogen) atoms. The Labute approximate surface area is 113 Å². The van der Waals surface area contributed by atoms with Crippen molar-refractivity contribution >= 4 is 5.91 Å². The molecule has 2 N–H and O–H groups in total. The zero-order valence-electron chi connectivity index (χ0n) is 11.5. The Balaban J connectivity index is 1.93. The summed E-state index contributed by atoms with van der Waals surface area (Å²) in [6.07, 6.45) is 6.48. The van der Waals surface area contributed by atoms with Gasteiger partial charge in [-0.05, 0) is 31.7 Å². The molecule has 2 unspecified atom stereocenters. The Morgan fingerprint density at radius 1 is 1.42 bits per heavy atom. The molecule has 1 saturated carbocycles. The van der Waals surface area contributed by atoms with E-state index in [1.54, 1.807) is 0 Å². The first-order valence-electron chi connectivity index (χ1n) is 7.30. The first-order chi connectivity index (χ1) is 9.22. The van der Waals surface area contributed by atoms with Crippen LogP contribution in [0.1, 0.15) is 50.8 Å². The summed E-state index contributed by atoms with van der Waals surface area (Å²) in [6, 6.07) is 2.48. The normalized spacial score (nSPS) is 27.9. The van der Waals surface area contributed by atoms with Gasteiger partial charge < -0.3 is 10.6 Å². The summed E-state index contributed by atoms with van der Waals surface area (Å²) in [4.78, 5) is 14.3. The van der Waals surface area contributed by atoms with E-state index in [0.717, 1.165) is 37.9 Å². The third-order valence-electron chi connectivity index (χ3n) is 4.11. The lowest BCUT2D eigenvalue weighted by Crippen LogP contribution is -2.50. The molecular weight excluding hydrogens is 240 g/mol. The second kappa shape index (κ2) is 4.96. The minimum absolute atomic E-state index is 0.0165. The van der Waals surface area contributed by atoms with Crippen molar-refractivity contribution in [3.63, 3.8) is 0 Å². The number of amides is 1. The topological polar surface area (TPSA) is 64.2 Å². The summed E-state index contributed by atoms with van der Waals surface area (Å²) in [5, 5.41) is 4.38. The predicted octanol–water partition coefficient (Wildman–Crippen LogP) is 1.45. The van der Waals surface area contributed by atoms with Crippen LogP contribution < -0.4 is 5.73 Å². The Morgan fingerprint density at radius 3 is 2.89 bits per heavy atom. The highest BCUT2D eigenvalue weighted by Crippen LogP contribution is 2.39. The molecule has 0 bridgehead atoms. The molecule has 3 rings (SSSR count). The van der Waals surface area contributed by atoms with Gasteiger partial charge in [0.25, 0.3) is 0 Å².